The number of phenols is 1. The van der Waals surface area contributed by atoms with Gasteiger partial charge in [-0.3, -0.25) is 0 Å². The van der Waals surface area contributed by atoms with Gasteiger partial charge in [0.1, 0.15) is 5.75 Å². The number of aromatic hydroxyl groups is 1. The summed E-state index contributed by atoms with van der Waals surface area (Å²) >= 11 is 0. The van der Waals surface area contributed by atoms with Gasteiger partial charge in [0.05, 0.1) is 0 Å². The van der Waals surface area contributed by atoms with E-state index in [2.05, 4.69) is 0 Å². The summed E-state index contributed by atoms with van der Waals surface area (Å²) in [5.74, 6) is 0.103. The molecule has 3 nitrogen and oxygen atoms in total. The number of allylic oxidation sites excluding steroid dienone is 2. The molecule has 0 saturated heterocycles. The topological polar surface area (TPSA) is 67.9 Å². The molecule has 0 saturated carbocycles. The molecule has 0 aliphatic carbocycles. The highest BCUT2D eigenvalue weighted by Gasteiger charge is 2.06. The van der Waals surface area contributed by atoms with Crippen molar-refractivity contribution in [2.24, 2.45) is 0 Å². The van der Waals surface area contributed by atoms with E-state index >= 15 is 0 Å². The maximum Gasteiger partial charge on any atom is 0.124 e. The Balaban J connectivity index is 3.30. The molecule has 0 unspecified atom stereocenters. The largest absolute Gasteiger partial charge is 0.507 e. The van der Waals surface area contributed by atoms with Crippen LogP contribution in [0.3, 0.4) is 0 Å². The van der Waals surface area contributed by atoms with Crippen molar-refractivity contribution >= 4 is 17.5 Å². The molecule has 0 spiro atoms. The molecule has 0 bridgehead atoms. The number of benzene rings is 1. The Bertz CT molecular complexity index is 433. The molecule has 78 valence electrons. The van der Waals surface area contributed by atoms with Crippen LogP contribution in [0.5, 0.6) is 5.75 Å². The molecule has 0 aliphatic heterocycles. The summed E-state index contributed by atoms with van der Waals surface area (Å²) in [5.41, 5.74) is 2.44. The normalized spacial score (nSPS) is 11.2. The minimum atomic E-state index is 0.103. The van der Waals surface area contributed by atoms with Gasteiger partial charge in [0, 0.05) is 17.5 Å². The van der Waals surface area contributed by atoms with Crippen LogP contribution in [0, 0.1) is 10.8 Å². The summed E-state index contributed by atoms with van der Waals surface area (Å²) in [7, 11) is 0. The van der Waals surface area contributed by atoms with Gasteiger partial charge in [0.25, 0.3) is 0 Å². The SMILES string of the molecule is C/C=C(\C=N)c1ccc(O)c(C(C)=N)c1. The molecule has 0 aliphatic rings. The van der Waals surface area contributed by atoms with Gasteiger partial charge in [-0.25, -0.2) is 0 Å². The summed E-state index contributed by atoms with van der Waals surface area (Å²) in [5, 5.41) is 24.2. The third kappa shape index (κ3) is 2.31. The molecule has 1 aromatic carbocycles. The number of nitrogens with one attached hydrogen (secondary N) is 2. The van der Waals surface area contributed by atoms with Crippen LogP contribution in [0.25, 0.3) is 5.57 Å². The number of hydrogen-bond acceptors (Lipinski definition) is 3. The van der Waals surface area contributed by atoms with E-state index in [4.69, 9.17) is 10.8 Å². The van der Waals surface area contributed by atoms with Gasteiger partial charge < -0.3 is 15.9 Å². The van der Waals surface area contributed by atoms with E-state index < -0.39 is 0 Å². The van der Waals surface area contributed by atoms with Crippen LogP contribution in [-0.4, -0.2) is 17.0 Å². The first-order valence-electron chi connectivity index (χ1n) is 4.66. The lowest BCUT2D eigenvalue weighted by Gasteiger charge is -2.06. The van der Waals surface area contributed by atoms with Crippen LogP contribution in [0.15, 0.2) is 24.3 Å². The molecular weight excluding hydrogens is 188 g/mol. The zero-order valence-corrected chi connectivity index (χ0v) is 8.83. The van der Waals surface area contributed by atoms with Crippen LogP contribution in [0.4, 0.5) is 0 Å². The molecule has 1 rings (SSSR count). The maximum absolute atomic E-state index is 9.52. The summed E-state index contributed by atoms with van der Waals surface area (Å²) in [6, 6.07) is 5.01. The van der Waals surface area contributed by atoms with Crippen LogP contribution in [0.1, 0.15) is 25.0 Å². The fourth-order valence-corrected chi connectivity index (χ4v) is 1.35. The zero-order valence-electron chi connectivity index (χ0n) is 8.83. The predicted molar refractivity (Wildman–Crippen MR) is 63.0 cm³/mol. The second-order valence-corrected chi connectivity index (χ2v) is 3.25. The molecule has 0 heterocycles. The predicted octanol–water partition coefficient (Wildman–Crippen LogP) is 2.83. The highest BCUT2D eigenvalue weighted by molar-refractivity contribution is 6.09. The molecule has 0 aromatic heterocycles. The van der Waals surface area contributed by atoms with Crippen LogP contribution in [0.2, 0.25) is 0 Å². The second-order valence-electron chi connectivity index (χ2n) is 3.25. The molecule has 3 heteroatoms. The van der Waals surface area contributed by atoms with Crippen LogP contribution >= 0.6 is 0 Å². The Labute approximate surface area is 89.1 Å². The minimum absolute atomic E-state index is 0.103. The van der Waals surface area contributed by atoms with E-state index in [0.29, 0.717) is 11.3 Å². The molecule has 0 atom stereocenters. The Kier molecular flexibility index (Phi) is 3.39. The monoisotopic (exact) mass is 202 g/mol. The maximum atomic E-state index is 9.52. The van der Waals surface area contributed by atoms with Gasteiger partial charge in [0.2, 0.25) is 0 Å². The van der Waals surface area contributed by atoms with Gasteiger partial charge in [0.15, 0.2) is 0 Å². The third-order valence-electron chi connectivity index (χ3n) is 2.20. The zero-order chi connectivity index (χ0) is 11.4. The van der Waals surface area contributed by atoms with Crippen LogP contribution < -0.4 is 0 Å². The highest BCUT2D eigenvalue weighted by atomic mass is 16.3. The standard InChI is InChI=1S/C12H14N2O/c1-3-9(7-13)10-4-5-12(15)11(6-10)8(2)14/h3-7,13-15H,1-2H3/b9-3+,13-7?,14-8?. The minimum Gasteiger partial charge on any atom is -0.507 e. The average Bonchev–Trinajstić information content (AvgIpc) is 2.21. The molecule has 1 aromatic rings. The summed E-state index contributed by atoms with van der Waals surface area (Å²) in [6.07, 6.45) is 3.08. The lowest BCUT2D eigenvalue weighted by Crippen LogP contribution is -1.95. The van der Waals surface area contributed by atoms with E-state index in [-0.39, 0.29) is 5.75 Å². The van der Waals surface area contributed by atoms with Crippen molar-refractivity contribution in [3.8, 4) is 5.75 Å². The quantitative estimate of drug-likeness (QED) is 0.648. The van der Waals surface area contributed by atoms with E-state index in [0.717, 1.165) is 11.1 Å². The van der Waals surface area contributed by atoms with Gasteiger partial charge in [-0.15, -0.1) is 0 Å². The fraction of sp³-hybridized carbons (Fsp3) is 0.167. The molecule has 3 N–H and O–H groups in total. The van der Waals surface area contributed by atoms with Crippen molar-refractivity contribution in [1.29, 1.82) is 10.8 Å². The van der Waals surface area contributed by atoms with E-state index in [9.17, 15) is 5.11 Å². The Morgan fingerprint density at radius 1 is 1.40 bits per heavy atom. The van der Waals surface area contributed by atoms with Crippen molar-refractivity contribution in [2.45, 2.75) is 13.8 Å². The summed E-state index contributed by atoms with van der Waals surface area (Å²) < 4.78 is 0. The summed E-state index contributed by atoms with van der Waals surface area (Å²) in [6.45, 7) is 3.47. The Morgan fingerprint density at radius 2 is 2.07 bits per heavy atom. The third-order valence-corrected chi connectivity index (χ3v) is 2.20. The van der Waals surface area contributed by atoms with Gasteiger partial charge >= 0.3 is 0 Å². The molecule has 0 fully saturated rings. The second kappa shape index (κ2) is 4.55. The van der Waals surface area contributed by atoms with Crippen LogP contribution in [-0.2, 0) is 0 Å². The van der Waals surface area contributed by atoms with Crippen molar-refractivity contribution in [3.05, 3.63) is 35.4 Å². The van der Waals surface area contributed by atoms with Gasteiger partial charge in [-0.05, 0) is 37.1 Å². The smallest absolute Gasteiger partial charge is 0.124 e. The number of phenolic OH excluding ortho intramolecular Hbond substituents is 1. The molecule has 0 amide bonds. The lowest BCUT2D eigenvalue weighted by molar-refractivity contribution is 0.474. The fourth-order valence-electron chi connectivity index (χ4n) is 1.35. The highest BCUT2D eigenvalue weighted by Crippen LogP contribution is 2.22. The summed E-state index contributed by atoms with van der Waals surface area (Å²) in [4.78, 5) is 0. The number of hydrogen-bond donors (Lipinski definition) is 3. The first kappa shape index (κ1) is 11.2. The van der Waals surface area contributed by atoms with Gasteiger partial charge in [-0.2, -0.15) is 0 Å². The van der Waals surface area contributed by atoms with Crippen molar-refractivity contribution < 1.29 is 5.11 Å². The first-order valence-corrected chi connectivity index (χ1v) is 4.66. The van der Waals surface area contributed by atoms with E-state index in [1.807, 2.05) is 13.0 Å². The van der Waals surface area contributed by atoms with E-state index in [1.165, 1.54) is 6.21 Å². The number of rotatable bonds is 3. The molecule has 0 radical (unpaired) electrons. The molecule has 15 heavy (non-hydrogen) atoms. The first-order chi connectivity index (χ1) is 7.10. The average molecular weight is 202 g/mol. The lowest BCUT2D eigenvalue weighted by atomic mass is 10.0. The van der Waals surface area contributed by atoms with E-state index in [1.54, 1.807) is 25.1 Å². The Morgan fingerprint density at radius 3 is 2.53 bits per heavy atom. The molecular formula is C12H14N2O. The van der Waals surface area contributed by atoms with Gasteiger partial charge in [-0.1, -0.05) is 12.1 Å². The van der Waals surface area contributed by atoms with Crippen molar-refractivity contribution in [3.63, 3.8) is 0 Å². The van der Waals surface area contributed by atoms with Crippen molar-refractivity contribution in [1.82, 2.24) is 0 Å². The Hall–Kier alpha value is -1.90. The van der Waals surface area contributed by atoms with Crippen molar-refractivity contribution in [2.75, 3.05) is 0 Å².